The number of benzene rings is 1. The van der Waals surface area contributed by atoms with Crippen molar-refractivity contribution in [1.29, 1.82) is 0 Å². The average Bonchev–Trinajstić information content (AvgIpc) is 2.32. The standard InChI is InChI=1S/C11H12Br2O4S/c1-2-18(15,16)4-3-17-11-9(12)5-8(7-14)6-10(11)13/h5-7H,2-4H2,1H3. The second-order valence-electron chi connectivity index (χ2n) is 3.52. The van der Waals surface area contributed by atoms with Crippen LogP contribution < -0.4 is 4.74 Å². The van der Waals surface area contributed by atoms with Gasteiger partial charge in [0.2, 0.25) is 0 Å². The third-order valence-electron chi connectivity index (χ3n) is 2.24. The number of aldehydes is 1. The van der Waals surface area contributed by atoms with Crippen LogP contribution in [-0.2, 0) is 9.84 Å². The summed E-state index contributed by atoms with van der Waals surface area (Å²) in [7, 11) is -3.04. The molecule has 0 fully saturated rings. The summed E-state index contributed by atoms with van der Waals surface area (Å²) in [4.78, 5) is 10.6. The topological polar surface area (TPSA) is 60.4 Å². The van der Waals surface area contributed by atoms with Crippen LogP contribution in [0.4, 0.5) is 0 Å². The zero-order valence-corrected chi connectivity index (χ0v) is 13.6. The van der Waals surface area contributed by atoms with Crippen LogP contribution in [0.2, 0.25) is 0 Å². The van der Waals surface area contributed by atoms with Crippen molar-refractivity contribution in [2.45, 2.75) is 6.92 Å². The van der Waals surface area contributed by atoms with Crippen LogP contribution >= 0.6 is 31.9 Å². The number of hydrogen-bond acceptors (Lipinski definition) is 4. The third kappa shape index (κ3) is 4.37. The van der Waals surface area contributed by atoms with Crippen LogP contribution in [0.3, 0.4) is 0 Å². The number of halogens is 2. The number of hydrogen-bond donors (Lipinski definition) is 0. The van der Waals surface area contributed by atoms with Gasteiger partial charge in [-0.05, 0) is 44.0 Å². The lowest BCUT2D eigenvalue weighted by Crippen LogP contribution is -2.15. The van der Waals surface area contributed by atoms with Gasteiger partial charge in [0.15, 0.2) is 9.84 Å². The molecular formula is C11H12Br2O4S. The number of ether oxygens (including phenoxy) is 1. The summed E-state index contributed by atoms with van der Waals surface area (Å²) in [5.74, 6) is 0.563. The molecule has 0 aliphatic rings. The minimum absolute atomic E-state index is 0.0299. The van der Waals surface area contributed by atoms with Crippen LogP contribution in [0.25, 0.3) is 0 Å². The SMILES string of the molecule is CCS(=O)(=O)CCOc1c(Br)cc(C=O)cc1Br. The fourth-order valence-corrected chi connectivity index (χ4v) is 3.28. The number of rotatable bonds is 6. The molecular weight excluding hydrogens is 388 g/mol. The van der Waals surface area contributed by atoms with Gasteiger partial charge >= 0.3 is 0 Å². The van der Waals surface area contributed by atoms with Gasteiger partial charge in [-0.1, -0.05) is 6.92 Å². The first kappa shape index (κ1) is 15.7. The van der Waals surface area contributed by atoms with E-state index in [2.05, 4.69) is 31.9 Å². The molecule has 0 atom stereocenters. The summed E-state index contributed by atoms with van der Waals surface area (Å²) >= 11 is 6.55. The van der Waals surface area contributed by atoms with Crippen LogP contribution in [-0.4, -0.2) is 32.8 Å². The van der Waals surface area contributed by atoms with E-state index < -0.39 is 9.84 Å². The van der Waals surface area contributed by atoms with Crippen molar-refractivity contribution in [3.05, 3.63) is 26.6 Å². The minimum Gasteiger partial charge on any atom is -0.490 e. The molecule has 1 aromatic carbocycles. The van der Waals surface area contributed by atoms with Gasteiger partial charge in [-0.2, -0.15) is 0 Å². The van der Waals surface area contributed by atoms with E-state index in [1.165, 1.54) is 0 Å². The first-order chi connectivity index (χ1) is 8.39. The molecule has 0 heterocycles. The largest absolute Gasteiger partial charge is 0.490 e. The predicted molar refractivity (Wildman–Crippen MR) is 77.1 cm³/mol. The highest BCUT2D eigenvalue weighted by Gasteiger charge is 2.11. The molecule has 0 saturated carbocycles. The number of sulfone groups is 1. The normalized spacial score (nSPS) is 11.3. The Labute approximate surface area is 123 Å². The lowest BCUT2D eigenvalue weighted by atomic mass is 10.2. The first-order valence-corrected chi connectivity index (χ1v) is 8.57. The maximum atomic E-state index is 11.3. The van der Waals surface area contributed by atoms with Gasteiger partial charge < -0.3 is 4.74 Å². The summed E-state index contributed by atoms with van der Waals surface area (Å²) in [5.41, 5.74) is 0.502. The Morgan fingerprint density at radius 3 is 2.28 bits per heavy atom. The van der Waals surface area contributed by atoms with Gasteiger partial charge in [-0.3, -0.25) is 4.79 Å². The van der Waals surface area contributed by atoms with E-state index in [-0.39, 0.29) is 18.1 Å². The van der Waals surface area contributed by atoms with Gasteiger partial charge in [-0.25, -0.2) is 8.42 Å². The maximum Gasteiger partial charge on any atom is 0.153 e. The predicted octanol–water partition coefficient (Wildman–Crippen LogP) is 2.84. The minimum atomic E-state index is -3.04. The van der Waals surface area contributed by atoms with Gasteiger partial charge in [0.05, 0.1) is 14.7 Å². The lowest BCUT2D eigenvalue weighted by Gasteiger charge is -2.10. The van der Waals surface area contributed by atoms with Crippen LogP contribution in [0, 0.1) is 0 Å². The van der Waals surface area contributed by atoms with Crippen LogP contribution in [0.1, 0.15) is 17.3 Å². The highest BCUT2D eigenvalue weighted by atomic mass is 79.9. The molecule has 7 heteroatoms. The Morgan fingerprint density at radius 2 is 1.83 bits per heavy atom. The maximum absolute atomic E-state index is 11.3. The molecule has 0 amide bonds. The molecule has 0 N–H and O–H groups in total. The summed E-state index contributed by atoms with van der Waals surface area (Å²) in [6, 6.07) is 3.23. The third-order valence-corrected chi connectivity index (χ3v) is 5.08. The molecule has 0 saturated heterocycles. The van der Waals surface area contributed by atoms with Crippen molar-refractivity contribution in [2.75, 3.05) is 18.1 Å². The fraction of sp³-hybridized carbons (Fsp3) is 0.364. The lowest BCUT2D eigenvalue weighted by molar-refractivity contribution is 0.112. The monoisotopic (exact) mass is 398 g/mol. The Morgan fingerprint density at radius 1 is 1.28 bits per heavy atom. The van der Waals surface area contributed by atoms with Gasteiger partial charge in [0.1, 0.15) is 18.6 Å². The van der Waals surface area contributed by atoms with Crippen molar-refractivity contribution in [3.63, 3.8) is 0 Å². The smallest absolute Gasteiger partial charge is 0.153 e. The Hall–Kier alpha value is -0.400. The molecule has 1 aromatic rings. The van der Waals surface area contributed by atoms with E-state index in [9.17, 15) is 13.2 Å². The zero-order valence-electron chi connectivity index (χ0n) is 9.65. The molecule has 0 radical (unpaired) electrons. The second kappa shape index (κ2) is 6.68. The van der Waals surface area contributed by atoms with E-state index >= 15 is 0 Å². The van der Waals surface area contributed by atoms with Gasteiger partial charge in [0, 0.05) is 11.3 Å². The Balaban J connectivity index is 2.77. The van der Waals surface area contributed by atoms with E-state index in [0.717, 1.165) is 6.29 Å². The molecule has 4 nitrogen and oxygen atoms in total. The van der Waals surface area contributed by atoms with Gasteiger partial charge in [0.25, 0.3) is 0 Å². The Bertz CT molecular complexity index is 517. The van der Waals surface area contributed by atoms with Gasteiger partial charge in [-0.15, -0.1) is 0 Å². The molecule has 0 spiro atoms. The summed E-state index contributed by atoms with van der Waals surface area (Å²) < 4.78 is 29.2. The molecule has 18 heavy (non-hydrogen) atoms. The van der Waals surface area contributed by atoms with Crippen molar-refractivity contribution in [2.24, 2.45) is 0 Å². The summed E-state index contributed by atoms with van der Waals surface area (Å²) in [6.45, 7) is 1.67. The van der Waals surface area contributed by atoms with Crippen LogP contribution in [0.5, 0.6) is 5.75 Å². The van der Waals surface area contributed by atoms with Crippen molar-refractivity contribution in [1.82, 2.24) is 0 Å². The first-order valence-electron chi connectivity index (χ1n) is 5.17. The highest BCUT2D eigenvalue weighted by molar-refractivity contribution is 9.11. The average molecular weight is 400 g/mol. The molecule has 0 bridgehead atoms. The van der Waals surface area contributed by atoms with E-state index in [1.807, 2.05) is 0 Å². The fourth-order valence-electron chi connectivity index (χ4n) is 1.20. The van der Waals surface area contributed by atoms with E-state index in [0.29, 0.717) is 20.3 Å². The Kier molecular flexibility index (Phi) is 5.81. The zero-order chi connectivity index (χ0) is 13.8. The number of carbonyl (C=O) groups is 1. The second-order valence-corrected chi connectivity index (χ2v) is 7.70. The quantitative estimate of drug-likeness (QED) is 0.690. The molecule has 0 aromatic heterocycles. The molecule has 1 rings (SSSR count). The van der Waals surface area contributed by atoms with Crippen LogP contribution in [0.15, 0.2) is 21.1 Å². The molecule has 100 valence electrons. The van der Waals surface area contributed by atoms with E-state index in [4.69, 9.17) is 4.74 Å². The molecule has 0 aliphatic heterocycles. The van der Waals surface area contributed by atoms with E-state index in [1.54, 1.807) is 19.1 Å². The summed E-state index contributed by atoms with van der Waals surface area (Å²) in [6.07, 6.45) is 0.723. The van der Waals surface area contributed by atoms with Crippen molar-refractivity contribution >= 4 is 48.0 Å². The van der Waals surface area contributed by atoms with Crippen molar-refractivity contribution < 1.29 is 17.9 Å². The molecule has 0 unspecified atom stereocenters. The molecule has 0 aliphatic carbocycles. The number of carbonyl (C=O) groups excluding carboxylic acids is 1. The summed E-state index contributed by atoms with van der Waals surface area (Å²) in [5, 5.41) is 0. The van der Waals surface area contributed by atoms with Crippen molar-refractivity contribution in [3.8, 4) is 5.75 Å². The highest BCUT2D eigenvalue weighted by Crippen LogP contribution is 2.34.